The van der Waals surface area contributed by atoms with E-state index in [-0.39, 0.29) is 17.1 Å². The molecule has 2 aromatic rings. The SMILES string of the molecule is Cn1c(N2CCN(CCc3cccc(F)c3)CC2)cc(=O)n(C)c1=O. The summed E-state index contributed by atoms with van der Waals surface area (Å²) in [6, 6.07) is 8.22. The van der Waals surface area contributed by atoms with E-state index >= 15 is 0 Å². The van der Waals surface area contributed by atoms with Crippen LogP contribution in [0.3, 0.4) is 0 Å². The molecule has 134 valence electrons. The number of nitrogens with zero attached hydrogens (tertiary/aromatic N) is 4. The van der Waals surface area contributed by atoms with E-state index in [1.54, 1.807) is 19.2 Å². The zero-order valence-electron chi connectivity index (χ0n) is 14.6. The third-order valence-corrected chi connectivity index (χ3v) is 4.80. The first-order chi connectivity index (χ1) is 12.0. The van der Waals surface area contributed by atoms with Crippen molar-refractivity contribution >= 4 is 5.82 Å². The Bertz CT molecular complexity index is 866. The van der Waals surface area contributed by atoms with Gasteiger partial charge in [0.15, 0.2) is 0 Å². The Morgan fingerprint density at radius 3 is 2.40 bits per heavy atom. The molecule has 0 saturated carbocycles. The number of halogens is 1. The molecule has 1 saturated heterocycles. The van der Waals surface area contributed by atoms with E-state index in [2.05, 4.69) is 9.80 Å². The number of piperazine rings is 1. The van der Waals surface area contributed by atoms with Gasteiger partial charge in [0.25, 0.3) is 5.56 Å². The topological polar surface area (TPSA) is 50.5 Å². The van der Waals surface area contributed by atoms with Crippen molar-refractivity contribution in [2.24, 2.45) is 14.1 Å². The fourth-order valence-corrected chi connectivity index (χ4v) is 3.21. The van der Waals surface area contributed by atoms with E-state index in [9.17, 15) is 14.0 Å². The number of rotatable bonds is 4. The van der Waals surface area contributed by atoms with Crippen LogP contribution in [0.4, 0.5) is 10.2 Å². The van der Waals surface area contributed by atoms with Gasteiger partial charge in [-0.25, -0.2) is 9.18 Å². The molecule has 1 aliphatic heterocycles. The van der Waals surface area contributed by atoms with Crippen molar-refractivity contribution < 1.29 is 4.39 Å². The van der Waals surface area contributed by atoms with E-state index in [4.69, 9.17) is 0 Å². The predicted octanol–water partition coefficient (Wildman–Crippen LogP) is 0.588. The quantitative estimate of drug-likeness (QED) is 0.813. The van der Waals surface area contributed by atoms with Gasteiger partial charge in [-0.15, -0.1) is 0 Å². The Kier molecular flexibility index (Phi) is 5.03. The van der Waals surface area contributed by atoms with Crippen LogP contribution in [0.25, 0.3) is 0 Å². The van der Waals surface area contributed by atoms with Crippen LogP contribution >= 0.6 is 0 Å². The molecule has 1 aromatic heterocycles. The number of benzene rings is 1. The highest BCUT2D eigenvalue weighted by Gasteiger charge is 2.20. The summed E-state index contributed by atoms with van der Waals surface area (Å²) < 4.78 is 15.9. The molecule has 0 N–H and O–H groups in total. The third kappa shape index (κ3) is 3.82. The van der Waals surface area contributed by atoms with E-state index in [1.807, 2.05) is 6.07 Å². The maximum Gasteiger partial charge on any atom is 0.332 e. The Morgan fingerprint density at radius 1 is 1.00 bits per heavy atom. The van der Waals surface area contributed by atoms with Crippen molar-refractivity contribution in [2.75, 3.05) is 37.6 Å². The molecule has 7 heteroatoms. The van der Waals surface area contributed by atoms with Crippen LogP contribution in [-0.4, -0.2) is 46.8 Å². The molecular weight excluding hydrogens is 323 g/mol. The molecule has 0 unspecified atom stereocenters. The van der Waals surface area contributed by atoms with Crippen molar-refractivity contribution in [2.45, 2.75) is 6.42 Å². The van der Waals surface area contributed by atoms with Crippen LogP contribution in [0.15, 0.2) is 39.9 Å². The number of aromatic nitrogens is 2. The van der Waals surface area contributed by atoms with Gasteiger partial charge in [-0.2, -0.15) is 0 Å². The minimum atomic E-state index is -0.309. The van der Waals surface area contributed by atoms with Crippen molar-refractivity contribution in [1.82, 2.24) is 14.0 Å². The fourth-order valence-electron chi connectivity index (χ4n) is 3.21. The Labute approximate surface area is 145 Å². The normalized spacial score (nSPS) is 15.6. The summed E-state index contributed by atoms with van der Waals surface area (Å²) in [7, 11) is 3.17. The van der Waals surface area contributed by atoms with Gasteiger partial charge >= 0.3 is 5.69 Å². The first-order valence-corrected chi connectivity index (χ1v) is 8.44. The van der Waals surface area contributed by atoms with Gasteiger partial charge in [0.1, 0.15) is 11.6 Å². The zero-order valence-corrected chi connectivity index (χ0v) is 14.6. The molecule has 0 amide bonds. The monoisotopic (exact) mass is 346 g/mol. The minimum Gasteiger partial charge on any atom is -0.355 e. The number of hydrogen-bond donors (Lipinski definition) is 0. The number of anilines is 1. The van der Waals surface area contributed by atoms with Crippen LogP contribution in [-0.2, 0) is 20.5 Å². The van der Waals surface area contributed by atoms with Gasteiger partial charge in [-0.05, 0) is 24.1 Å². The minimum absolute atomic E-state index is 0.200. The lowest BCUT2D eigenvalue weighted by molar-refractivity contribution is 0.259. The van der Waals surface area contributed by atoms with Crippen molar-refractivity contribution in [1.29, 1.82) is 0 Å². The summed E-state index contributed by atoms with van der Waals surface area (Å²) in [6.07, 6.45) is 0.808. The Hall–Kier alpha value is -2.41. The third-order valence-electron chi connectivity index (χ3n) is 4.80. The molecule has 1 aliphatic rings. The Balaban J connectivity index is 1.61. The summed E-state index contributed by atoms with van der Waals surface area (Å²) in [5.74, 6) is 0.465. The second-order valence-electron chi connectivity index (χ2n) is 6.45. The molecule has 6 nitrogen and oxygen atoms in total. The molecule has 0 bridgehead atoms. The van der Waals surface area contributed by atoms with Crippen molar-refractivity contribution in [3.63, 3.8) is 0 Å². The van der Waals surface area contributed by atoms with Crippen LogP contribution in [0.1, 0.15) is 5.56 Å². The maximum atomic E-state index is 13.2. The predicted molar refractivity (Wildman–Crippen MR) is 95.7 cm³/mol. The van der Waals surface area contributed by atoms with Crippen molar-refractivity contribution in [3.8, 4) is 0 Å². The van der Waals surface area contributed by atoms with Crippen LogP contribution in [0.2, 0.25) is 0 Å². The van der Waals surface area contributed by atoms with Gasteiger partial charge in [-0.3, -0.25) is 18.8 Å². The molecule has 3 rings (SSSR count). The summed E-state index contributed by atoms with van der Waals surface area (Å²) in [4.78, 5) is 28.3. The van der Waals surface area contributed by atoms with Crippen LogP contribution < -0.4 is 16.1 Å². The molecule has 0 atom stereocenters. The fraction of sp³-hybridized carbons (Fsp3) is 0.444. The standard InChI is InChI=1S/C18H23FN4O2/c1-20-16(13-17(24)21(2)18(20)25)23-10-8-22(9-11-23)7-6-14-4-3-5-15(19)12-14/h3-5,12-13H,6-11H2,1-2H3. The second-order valence-corrected chi connectivity index (χ2v) is 6.45. The lowest BCUT2D eigenvalue weighted by Gasteiger charge is -2.36. The summed E-state index contributed by atoms with van der Waals surface area (Å²) in [5, 5.41) is 0. The van der Waals surface area contributed by atoms with Crippen LogP contribution in [0.5, 0.6) is 0 Å². The largest absolute Gasteiger partial charge is 0.355 e. The molecule has 0 spiro atoms. The van der Waals surface area contributed by atoms with Crippen LogP contribution in [0, 0.1) is 5.82 Å². The van der Waals surface area contributed by atoms with Crippen molar-refractivity contribution in [3.05, 3.63) is 62.6 Å². The highest BCUT2D eigenvalue weighted by molar-refractivity contribution is 5.39. The molecule has 1 fully saturated rings. The summed E-state index contributed by atoms with van der Waals surface area (Å²) in [5.41, 5.74) is 0.402. The average molecular weight is 346 g/mol. The second kappa shape index (κ2) is 7.23. The van der Waals surface area contributed by atoms with Gasteiger partial charge in [-0.1, -0.05) is 12.1 Å². The van der Waals surface area contributed by atoms with Gasteiger partial charge in [0.05, 0.1) is 0 Å². The molecule has 0 radical (unpaired) electrons. The van der Waals surface area contributed by atoms with E-state index in [0.29, 0.717) is 5.82 Å². The zero-order chi connectivity index (χ0) is 18.0. The molecule has 1 aromatic carbocycles. The highest BCUT2D eigenvalue weighted by atomic mass is 19.1. The first-order valence-electron chi connectivity index (χ1n) is 8.44. The first kappa shape index (κ1) is 17.4. The lowest BCUT2D eigenvalue weighted by Crippen LogP contribution is -2.49. The maximum absolute atomic E-state index is 13.2. The molecule has 25 heavy (non-hydrogen) atoms. The highest BCUT2D eigenvalue weighted by Crippen LogP contribution is 2.13. The molecule has 2 heterocycles. The smallest absolute Gasteiger partial charge is 0.332 e. The van der Waals surface area contributed by atoms with Gasteiger partial charge < -0.3 is 4.90 Å². The molecule has 0 aliphatic carbocycles. The molecular formula is C18H23FN4O2. The van der Waals surface area contributed by atoms with E-state index in [1.165, 1.54) is 23.7 Å². The lowest BCUT2D eigenvalue weighted by atomic mass is 10.1. The Morgan fingerprint density at radius 2 is 1.72 bits per heavy atom. The van der Waals surface area contributed by atoms with E-state index < -0.39 is 0 Å². The summed E-state index contributed by atoms with van der Waals surface area (Å²) in [6.45, 7) is 4.07. The van der Waals surface area contributed by atoms with Gasteiger partial charge in [0.2, 0.25) is 0 Å². The summed E-state index contributed by atoms with van der Waals surface area (Å²) >= 11 is 0. The van der Waals surface area contributed by atoms with E-state index in [0.717, 1.165) is 49.3 Å². The average Bonchev–Trinajstić information content (AvgIpc) is 2.62. The van der Waals surface area contributed by atoms with Gasteiger partial charge in [0, 0.05) is 52.9 Å². The number of hydrogen-bond acceptors (Lipinski definition) is 4.